The van der Waals surface area contributed by atoms with Gasteiger partial charge in [0.05, 0.1) is 0 Å². The molecule has 0 atom stereocenters. The van der Waals surface area contributed by atoms with Gasteiger partial charge in [-0.1, -0.05) is 0 Å². The third kappa shape index (κ3) is 3.80. The minimum atomic E-state index is -0.864. The molecule has 0 aliphatic rings. The van der Waals surface area contributed by atoms with Crippen LogP contribution in [0.2, 0.25) is 0 Å². The van der Waals surface area contributed by atoms with E-state index in [1.165, 1.54) is 18.5 Å². The Morgan fingerprint density at radius 2 is 1.50 bits per heavy atom. The summed E-state index contributed by atoms with van der Waals surface area (Å²) >= 11 is 0. The Balaban J connectivity index is 1.71. The number of nitrogens with zero attached hydrogens (tertiary/aromatic N) is 4. The number of hydrogen-bond donors (Lipinski definition) is 0. The summed E-state index contributed by atoms with van der Waals surface area (Å²) in [5.74, 6) is 2.53. The third-order valence-corrected chi connectivity index (χ3v) is 3.04. The van der Waals surface area contributed by atoms with Crippen LogP contribution in [0.3, 0.4) is 0 Å². The molecule has 8 nitrogen and oxygen atoms in total. The van der Waals surface area contributed by atoms with E-state index < -0.39 is 5.09 Å². The molecule has 0 saturated carbocycles. The first kappa shape index (κ1) is 15.3. The summed E-state index contributed by atoms with van der Waals surface area (Å²) in [6, 6.07) is 13.3. The maximum absolute atomic E-state index is 10.3. The zero-order valence-corrected chi connectivity index (χ0v) is 12.6. The topological polar surface area (TPSA) is 100 Å². The van der Waals surface area contributed by atoms with E-state index in [2.05, 4.69) is 19.8 Å². The minimum absolute atomic E-state index is 0.132. The van der Waals surface area contributed by atoms with Crippen molar-refractivity contribution in [2.45, 2.75) is 6.92 Å². The monoisotopic (exact) mass is 324 g/mol. The van der Waals surface area contributed by atoms with Crippen molar-refractivity contribution in [3.63, 3.8) is 0 Å². The SMILES string of the molecule is Cc1ncnc(-c2ccc(Oc3ccc(O[N+](=O)[O-])cc3)cc2)n1. The molecule has 0 saturated heterocycles. The summed E-state index contributed by atoms with van der Waals surface area (Å²) in [7, 11) is 0. The molecule has 2 aromatic carbocycles. The van der Waals surface area contributed by atoms with Crippen LogP contribution in [0.25, 0.3) is 11.4 Å². The van der Waals surface area contributed by atoms with Crippen LogP contribution in [0.5, 0.6) is 17.2 Å². The van der Waals surface area contributed by atoms with E-state index in [4.69, 9.17) is 4.74 Å². The van der Waals surface area contributed by atoms with Gasteiger partial charge >= 0.3 is 0 Å². The van der Waals surface area contributed by atoms with Gasteiger partial charge in [0.15, 0.2) is 5.82 Å². The highest BCUT2D eigenvalue weighted by atomic mass is 17.0. The van der Waals surface area contributed by atoms with E-state index in [0.717, 1.165) is 5.56 Å². The van der Waals surface area contributed by atoms with Crippen molar-refractivity contribution in [2.24, 2.45) is 0 Å². The van der Waals surface area contributed by atoms with Gasteiger partial charge in [0.2, 0.25) is 0 Å². The Bertz CT molecular complexity index is 851. The van der Waals surface area contributed by atoms with E-state index in [9.17, 15) is 10.1 Å². The fourth-order valence-corrected chi connectivity index (χ4v) is 1.98. The summed E-state index contributed by atoms with van der Waals surface area (Å²) in [6.07, 6.45) is 1.47. The molecule has 1 aromatic heterocycles. The summed E-state index contributed by atoms with van der Waals surface area (Å²) in [5, 5.41) is 9.39. The summed E-state index contributed by atoms with van der Waals surface area (Å²) in [6.45, 7) is 1.80. The summed E-state index contributed by atoms with van der Waals surface area (Å²) < 4.78 is 5.67. The molecule has 1 heterocycles. The Kier molecular flexibility index (Phi) is 4.28. The van der Waals surface area contributed by atoms with Crippen LogP contribution in [-0.4, -0.2) is 20.0 Å². The Labute approximate surface area is 136 Å². The average molecular weight is 324 g/mol. The minimum Gasteiger partial charge on any atom is -0.457 e. The number of rotatable bonds is 5. The number of aryl methyl sites for hydroxylation is 1. The first-order valence-electron chi connectivity index (χ1n) is 6.96. The predicted molar refractivity (Wildman–Crippen MR) is 84.1 cm³/mol. The largest absolute Gasteiger partial charge is 0.457 e. The second kappa shape index (κ2) is 6.69. The molecular formula is C16H12N4O4. The maximum atomic E-state index is 10.3. The van der Waals surface area contributed by atoms with Crippen LogP contribution >= 0.6 is 0 Å². The molecule has 0 bridgehead atoms. The van der Waals surface area contributed by atoms with Crippen LogP contribution in [-0.2, 0) is 0 Å². The lowest BCUT2D eigenvalue weighted by Crippen LogP contribution is -2.02. The van der Waals surface area contributed by atoms with Crippen LogP contribution in [0.15, 0.2) is 54.9 Å². The van der Waals surface area contributed by atoms with Gasteiger partial charge in [0.1, 0.15) is 29.4 Å². The highest BCUT2D eigenvalue weighted by Crippen LogP contribution is 2.25. The van der Waals surface area contributed by atoms with Gasteiger partial charge < -0.3 is 4.74 Å². The van der Waals surface area contributed by atoms with Crippen molar-refractivity contribution in [3.8, 4) is 28.6 Å². The fourth-order valence-electron chi connectivity index (χ4n) is 1.98. The van der Waals surface area contributed by atoms with E-state index >= 15 is 0 Å². The van der Waals surface area contributed by atoms with Crippen molar-refractivity contribution in [2.75, 3.05) is 0 Å². The van der Waals surface area contributed by atoms with E-state index in [1.54, 1.807) is 31.2 Å². The molecule has 3 aromatic rings. The van der Waals surface area contributed by atoms with Gasteiger partial charge in [-0.3, -0.25) is 4.84 Å². The van der Waals surface area contributed by atoms with Gasteiger partial charge in [0, 0.05) is 5.56 Å². The predicted octanol–water partition coefficient (Wildman–Crippen LogP) is 3.21. The molecule has 0 radical (unpaired) electrons. The standard InChI is InChI=1S/C16H12N4O4/c1-11-17-10-18-16(19-11)12-2-4-13(5-3-12)23-14-6-8-15(9-7-14)24-20(21)22/h2-10H,1H3. The normalized spacial score (nSPS) is 10.2. The van der Waals surface area contributed by atoms with Crippen molar-refractivity contribution < 1.29 is 14.7 Å². The first-order chi connectivity index (χ1) is 11.6. The molecule has 0 N–H and O–H groups in total. The third-order valence-electron chi connectivity index (χ3n) is 3.04. The second-order valence-corrected chi connectivity index (χ2v) is 4.77. The van der Waals surface area contributed by atoms with Gasteiger partial charge in [-0.15, -0.1) is 10.1 Å². The van der Waals surface area contributed by atoms with Crippen LogP contribution in [0.4, 0.5) is 0 Å². The average Bonchev–Trinajstić information content (AvgIpc) is 2.57. The van der Waals surface area contributed by atoms with Crippen molar-refractivity contribution in [1.82, 2.24) is 15.0 Å². The molecule has 8 heteroatoms. The van der Waals surface area contributed by atoms with E-state index in [1.807, 2.05) is 12.1 Å². The van der Waals surface area contributed by atoms with Crippen molar-refractivity contribution in [3.05, 3.63) is 70.8 Å². The molecule has 0 spiro atoms. The number of benzene rings is 2. The molecule has 0 fully saturated rings. The quantitative estimate of drug-likeness (QED) is 0.524. The van der Waals surface area contributed by atoms with Crippen LogP contribution in [0, 0.1) is 17.0 Å². The van der Waals surface area contributed by atoms with Gasteiger partial charge in [-0.25, -0.2) is 15.0 Å². The van der Waals surface area contributed by atoms with E-state index in [0.29, 0.717) is 23.1 Å². The lowest BCUT2D eigenvalue weighted by Gasteiger charge is -2.07. The fraction of sp³-hybridized carbons (Fsp3) is 0.0625. The number of hydrogen-bond acceptors (Lipinski definition) is 7. The Morgan fingerprint density at radius 3 is 2.08 bits per heavy atom. The molecule has 0 amide bonds. The number of ether oxygens (including phenoxy) is 1. The molecule has 3 rings (SSSR count). The zero-order chi connectivity index (χ0) is 16.9. The second-order valence-electron chi connectivity index (χ2n) is 4.77. The Morgan fingerprint density at radius 1 is 0.917 bits per heavy atom. The number of aromatic nitrogens is 3. The first-order valence-corrected chi connectivity index (χ1v) is 6.96. The summed E-state index contributed by atoms with van der Waals surface area (Å²) in [5.41, 5.74) is 0.850. The lowest BCUT2D eigenvalue weighted by atomic mass is 10.2. The molecule has 0 aliphatic heterocycles. The van der Waals surface area contributed by atoms with Crippen molar-refractivity contribution >= 4 is 0 Å². The Hall–Kier alpha value is -3.55. The van der Waals surface area contributed by atoms with Crippen LogP contribution < -0.4 is 9.57 Å². The van der Waals surface area contributed by atoms with Crippen LogP contribution in [0.1, 0.15) is 5.82 Å². The zero-order valence-electron chi connectivity index (χ0n) is 12.6. The molecule has 24 heavy (non-hydrogen) atoms. The van der Waals surface area contributed by atoms with Crippen molar-refractivity contribution in [1.29, 1.82) is 0 Å². The lowest BCUT2D eigenvalue weighted by molar-refractivity contribution is -0.711. The highest BCUT2D eigenvalue weighted by molar-refractivity contribution is 5.56. The highest BCUT2D eigenvalue weighted by Gasteiger charge is 2.04. The molecule has 0 aliphatic carbocycles. The van der Waals surface area contributed by atoms with Gasteiger partial charge in [-0.05, 0) is 55.5 Å². The molecular weight excluding hydrogens is 312 g/mol. The summed E-state index contributed by atoms with van der Waals surface area (Å²) in [4.78, 5) is 26.9. The van der Waals surface area contributed by atoms with Gasteiger partial charge in [-0.2, -0.15) is 0 Å². The smallest absolute Gasteiger partial charge is 0.299 e. The van der Waals surface area contributed by atoms with E-state index in [-0.39, 0.29) is 5.75 Å². The molecule has 0 unspecified atom stereocenters. The van der Waals surface area contributed by atoms with Gasteiger partial charge in [0.25, 0.3) is 5.09 Å². The molecule has 120 valence electrons. The maximum Gasteiger partial charge on any atom is 0.299 e.